The molecule has 0 aliphatic heterocycles. The minimum absolute atomic E-state index is 0.209. The lowest BCUT2D eigenvalue weighted by Gasteiger charge is -2.19. The first-order chi connectivity index (χ1) is 22.3. The zero-order chi connectivity index (χ0) is 32.8. The van der Waals surface area contributed by atoms with Crippen LogP contribution >= 0.6 is 11.8 Å². The van der Waals surface area contributed by atoms with Gasteiger partial charge in [0.25, 0.3) is 0 Å². The van der Waals surface area contributed by atoms with Gasteiger partial charge in [-0.1, -0.05) is 18.2 Å². The van der Waals surface area contributed by atoms with E-state index in [2.05, 4.69) is 25.9 Å². The van der Waals surface area contributed by atoms with Gasteiger partial charge in [-0.3, -0.25) is 14.4 Å². The highest BCUT2D eigenvalue weighted by molar-refractivity contribution is 7.98. The number of carbonyl (C=O) groups is 2. The van der Waals surface area contributed by atoms with Crippen molar-refractivity contribution in [2.45, 2.75) is 44.8 Å². The molecular formula is C34H39N5O6S. The number of amides is 2. The highest BCUT2D eigenvalue weighted by Crippen LogP contribution is 2.50. The molecule has 3 aromatic carbocycles. The minimum atomic E-state index is -0.677. The standard InChI is InChI=1S/C34H39N5O6S/c1-19(40)36-23-12-10-20-16-29(43-2)32(44-3)33(45-4)31(20)21-11-13-26(28(41)17-22(21)23)37-27(14-15-46-5)34(42)35-18-30-38-24-8-6-7-9-25(24)39-30/h6-9,11,13,16-17,23,27H,10,12,14-15,18H2,1-5H3,(H,35,42)(H,36,40)(H,37,41)(H,38,39). The number of rotatable bonds is 12. The third-order valence-corrected chi connectivity index (χ3v) is 8.69. The van der Waals surface area contributed by atoms with E-state index in [1.807, 2.05) is 42.7 Å². The second-order valence-electron chi connectivity index (χ2n) is 11.0. The second kappa shape index (κ2) is 14.6. The highest BCUT2D eigenvalue weighted by atomic mass is 32.2. The topological polar surface area (TPSA) is 144 Å². The van der Waals surface area contributed by atoms with Crippen LogP contribution < -0.4 is 35.6 Å². The summed E-state index contributed by atoms with van der Waals surface area (Å²) in [4.78, 5) is 47.3. The lowest BCUT2D eigenvalue weighted by molar-refractivity contribution is -0.122. The van der Waals surface area contributed by atoms with E-state index >= 15 is 0 Å². The van der Waals surface area contributed by atoms with Crippen LogP contribution in [0.15, 0.2) is 53.3 Å². The number of fused-ring (bicyclic) bond motifs is 4. The second-order valence-corrected chi connectivity index (χ2v) is 12.0. The highest BCUT2D eigenvalue weighted by Gasteiger charge is 2.30. The van der Waals surface area contributed by atoms with Gasteiger partial charge in [-0.2, -0.15) is 11.8 Å². The first-order valence-corrected chi connectivity index (χ1v) is 16.4. The van der Waals surface area contributed by atoms with Gasteiger partial charge in [0, 0.05) is 12.5 Å². The summed E-state index contributed by atoms with van der Waals surface area (Å²) in [5.74, 6) is 2.31. The minimum Gasteiger partial charge on any atom is -0.493 e. The Bertz CT molecular complexity index is 1780. The Kier molecular flexibility index (Phi) is 10.4. The molecule has 0 saturated carbocycles. The van der Waals surface area contributed by atoms with Crippen molar-refractivity contribution < 1.29 is 23.8 Å². The summed E-state index contributed by atoms with van der Waals surface area (Å²) in [6, 6.07) is 13.5. The number of para-hydroxylation sites is 2. The normalized spacial score (nSPS) is 14.3. The molecular weight excluding hydrogens is 606 g/mol. The number of aryl methyl sites for hydroxylation is 1. The van der Waals surface area contributed by atoms with E-state index in [4.69, 9.17) is 14.2 Å². The number of methoxy groups -OCH3 is 3. The maximum absolute atomic E-state index is 13.8. The van der Waals surface area contributed by atoms with E-state index in [9.17, 15) is 14.4 Å². The van der Waals surface area contributed by atoms with E-state index in [0.29, 0.717) is 59.2 Å². The predicted molar refractivity (Wildman–Crippen MR) is 181 cm³/mol. The number of aromatic amines is 1. The molecule has 242 valence electrons. The Morgan fingerprint density at radius 2 is 1.85 bits per heavy atom. The van der Waals surface area contributed by atoms with Crippen molar-refractivity contribution in [2.24, 2.45) is 0 Å². The molecule has 12 heteroatoms. The average Bonchev–Trinajstić information content (AvgIpc) is 3.34. The first-order valence-electron chi connectivity index (χ1n) is 15.0. The molecule has 2 amide bonds. The van der Waals surface area contributed by atoms with Gasteiger partial charge in [0.1, 0.15) is 11.9 Å². The number of nitrogens with one attached hydrogen (secondary N) is 4. The third kappa shape index (κ3) is 6.91. The molecule has 2 unspecified atom stereocenters. The summed E-state index contributed by atoms with van der Waals surface area (Å²) in [6.45, 7) is 1.67. The summed E-state index contributed by atoms with van der Waals surface area (Å²) in [5.41, 5.74) is 4.72. The van der Waals surface area contributed by atoms with Crippen molar-refractivity contribution in [3.05, 3.63) is 75.7 Å². The van der Waals surface area contributed by atoms with E-state index in [1.54, 1.807) is 45.2 Å². The van der Waals surface area contributed by atoms with E-state index in [-0.39, 0.29) is 29.5 Å². The SMILES string of the molecule is COc1cc2c(c(OC)c1OC)-c1ccc(NC(CCSC)C(=O)NCc3nc4ccccc4[nH]3)c(=O)cc1C(NC(C)=O)CC2. The average molecular weight is 646 g/mol. The molecule has 2 atom stereocenters. The molecule has 11 nitrogen and oxygen atoms in total. The van der Waals surface area contributed by atoms with Gasteiger partial charge in [-0.15, -0.1) is 0 Å². The number of imidazole rings is 1. The Morgan fingerprint density at radius 1 is 1.07 bits per heavy atom. The van der Waals surface area contributed by atoms with E-state index < -0.39 is 12.1 Å². The number of H-pyrrole nitrogens is 1. The fourth-order valence-electron chi connectivity index (χ4n) is 5.90. The van der Waals surface area contributed by atoms with Crippen LogP contribution in [0.5, 0.6) is 17.2 Å². The summed E-state index contributed by atoms with van der Waals surface area (Å²) in [5, 5.41) is 9.20. The fourth-order valence-corrected chi connectivity index (χ4v) is 6.37. The van der Waals surface area contributed by atoms with Crippen molar-refractivity contribution in [3.63, 3.8) is 0 Å². The Balaban J connectivity index is 1.53. The Labute approximate surface area is 271 Å². The van der Waals surface area contributed by atoms with Crippen LogP contribution in [0.3, 0.4) is 0 Å². The summed E-state index contributed by atoms with van der Waals surface area (Å²) >= 11 is 1.62. The van der Waals surface area contributed by atoms with Crippen molar-refractivity contribution >= 4 is 40.3 Å². The van der Waals surface area contributed by atoms with Crippen LogP contribution in [0.2, 0.25) is 0 Å². The molecule has 1 heterocycles. The number of carbonyl (C=O) groups excluding carboxylic acids is 2. The molecule has 0 spiro atoms. The molecule has 0 bridgehead atoms. The van der Waals surface area contributed by atoms with Gasteiger partial charge in [0.15, 0.2) is 11.5 Å². The maximum atomic E-state index is 13.8. The van der Waals surface area contributed by atoms with Crippen LogP contribution in [0.25, 0.3) is 22.2 Å². The number of benzene rings is 2. The van der Waals surface area contributed by atoms with Crippen LogP contribution in [-0.2, 0) is 22.6 Å². The number of hydrogen-bond acceptors (Lipinski definition) is 9. The van der Waals surface area contributed by atoms with Gasteiger partial charge in [-0.25, -0.2) is 4.98 Å². The van der Waals surface area contributed by atoms with E-state index in [1.165, 1.54) is 6.92 Å². The third-order valence-electron chi connectivity index (χ3n) is 8.04. The number of anilines is 1. The zero-order valence-corrected chi connectivity index (χ0v) is 27.4. The predicted octanol–water partition coefficient (Wildman–Crippen LogP) is 4.59. The van der Waals surface area contributed by atoms with Gasteiger partial charge in [-0.05, 0) is 78.3 Å². The number of aromatic nitrogens is 2. The van der Waals surface area contributed by atoms with Gasteiger partial charge >= 0.3 is 0 Å². The molecule has 4 aromatic rings. The molecule has 1 aliphatic carbocycles. The van der Waals surface area contributed by atoms with Crippen molar-refractivity contribution in [1.29, 1.82) is 0 Å². The maximum Gasteiger partial charge on any atom is 0.242 e. The summed E-state index contributed by atoms with van der Waals surface area (Å²) in [7, 11) is 4.67. The Hall–Kier alpha value is -4.71. The first kappa shape index (κ1) is 32.7. The number of thioether (sulfide) groups is 1. The van der Waals surface area contributed by atoms with E-state index in [0.717, 1.165) is 22.2 Å². The van der Waals surface area contributed by atoms with Gasteiger partial charge in [0.2, 0.25) is 23.0 Å². The quantitative estimate of drug-likeness (QED) is 0.174. The number of nitrogens with zero attached hydrogens (tertiary/aromatic N) is 1. The molecule has 1 aliphatic rings. The molecule has 4 N–H and O–H groups in total. The fraction of sp³-hybridized carbons (Fsp3) is 0.353. The Morgan fingerprint density at radius 3 is 2.54 bits per heavy atom. The molecule has 46 heavy (non-hydrogen) atoms. The number of ether oxygens (including phenoxy) is 3. The van der Waals surface area contributed by atoms with Gasteiger partial charge < -0.3 is 35.1 Å². The van der Waals surface area contributed by atoms with Crippen molar-refractivity contribution in [1.82, 2.24) is 20.6 Å². The molecule has 0 radical (unpaired) electrons. The van der Waals surface area contributed by atoms with Crippen LogP contribution in [0, 0.1) is 0 Å². The monoisotopic (exact) mass is 645 g/mol. The summed E-state index contributed by atoms with van der Waals surface area (Å²) in [6.07, 6.45) is 3.60. The number of hydrogen-bond donors (Lipinski definition) is 4. The lowest BCUT2D eigenvalue weighted by Crippen LogP contribution is -2.40. The molecule has 5 rings (SSSR count). The molecule has 1 aromatic heterocycles. The lowest BCUT2D eigenvalue weighted by atomic mass is 9.95. The smallest absolute Gasteiger partial charge is 0.242 e. The van der Waals surface area contributed by atoms with Crippen LogP contribution in [0.4, 0.5) is 5.69 Å². The van der Waals surface area contributed by atoms with Crippen molar-refractivity contribution in [2.75, 3.05) is 38.7 Å². The zero-order valence-electron chi connectivity index (χ0n) is 26.6. The van der Waals surface area contributed by atoms with Crippen LogP contribution in [-0.4, -0.2) is 61.2 Å². The van der Waals surface area contributed by atoms with Crippen LogP contribution in [0.1, 0.15) is 42.8 Å². The summed E-state index contributed by atoms with van der Waals surface area (Å²) < 4.78 is 17.2. The molecule has 0 saturated heterocycles. The largest absolute Gasteiger partial charge is 0.493 e. The molecule has 0 fully saturated rings. The van der Waals surface area contributed by atoms with Crippen molar-refractivity contribution in [3.8, 4) is 28.4 Å². The van der Waals surface area contributed by atoms with Gasteiger partial charge in [0.05, 0.1) is 50.6 Å².